The zero-order chi connectivity index (χ0) is 14.8. The van der Waals surface area contributed by atoms with Gasteiger partial charge in [0.15, 0.2) is 0 Å². The van der Waals surface area contributed by atoms with Crippen molar-refractivity contribution in [2.24, 2.45) is 0 Å². The van der Waals surface area contributed by atoms with E-state index in [1.165, 1.54) is 7.11 Å². The van der Waals surface area contributed by atoms with Gasteiger partial charge in [0.05, 0.1) is 19.1 Å². The van der Waals surface area contributed by atoms with Crippen LogP contribution >= 0.6 is 0 Å². The maximum absolute atomic E-state index is 11.9. The van der Waals surface area contributed by atoms with Gasteiger partial charge in [0.25, 0.3) is 0 Å². The van der Waals surface area contributed by atoms with E-state index in [-0.39, 0.29) is 6.54 Å². The summed E-state index contributed by atoms with van der Waals surface area (Å²) in [6, 6.07) is 3.77. The first-order chi connectivity index (χ1) is 8.66. The lowest BCUT2D eigenvalue weighted by Crippen LogP contribution is -2.36. The van der Waals surface area contributed by atoms with Gasteiger partial charge in [-0.15, -0.1) is 0 Å². The maximum atomic E-state index is 11.9. The number of carbonyl (C=O) groups excluding carboxylic acids is 1. The van der Waals surface area contributed by atoms with Crippen molar-refractivity contribution in [3.8, 4) is 0 Å². The smallest absolute Gasteiger partial charge is 0.326 e. The molecular formula is C13H19NO4S. The lowest BCUT2D eigenvalue weighted by Gasteiger charge is -2.25. The molecule has 1 rings (SSSR count). The van der Waals surface area contributed by atoms with Crippen LogP contribution in [-0.4, -0.2) is 34.3 Å². The van der Waals surface area contributed by atoms with Crippen molar-refractivity contribution in [2.75, 3.05) is 24.2 Å². The van der Waals surface area contributed by atoms with Crippen LogP contribution in [0.2, 0.25) is 0 Å². The average Bonchev–Trinajstić information content (AvgIpc) is 2.24. The minimum atomic E-state index is -3.55. The molecule has 0 aromatic heterocycles. The Morgan fingerprint density at radius 1 is 1.21 bits per heavy atom. The zero-order valence-electron chi connectivity index (χ0n) is 11.9. The Labute approximate surface area is 114 Å². The van der Waals surface area contributed by atoms with Crippen LogP contribution in [0.15, 0.2) is 12.1 Å². The van der Waals surface area contributed by atoms with Crippen LogP contribution in [0.5, 0.6) is 0 Å². The number of nitrogens with zero attached hydrogens (tertiary/aromatic N) is 1. The molecule has 0 saturated heterocycles. The monoisotopic (exact) mass is 285 g/mol. The summed E-state index contributed by atoms with van der Waals surface area (Å²) in [6.45, 7) is 5.27. The summed E-state index contributed by atoms with van der Waals surface area (Å²) in [5, 5.41) is 0. The SMILES string of the molecule is COC(=O)CN(c1c(C)cc(C)cc1C)S(C)(=O)=O. The molecular weight excluding hydrogens is 266 g/mol. The van der Waals surface area contributed by atoms with Crippen LogP contribution in [0.3, 0.4) is 0 Å². The van der Waals surface area contributed by atoms with E-state index in [0.29, 0.717) is 5.69 Å². The number of carbonyl (C=O) groups is 1. The fourth-order valence-corrected chi connectivity index (χ4v) is 3.07. The Morgan fingerprint density at radius 3 is 2.05 bits per heavy atom. The molecule has 0 atom stereocenters. The molecule has 0 heterocycles. The van der Waals surface area contributed by atoms with Crippen molar-refractivity contribution < 1.29 is 17.9 Å². The lowest BCUT2D eigenvalue weighted by atomic mass is 10.1. The molecule has 0 aliphatic heterocycles. The molecule has 0 aliphatic rings. The number of hydrogen-bond donors (Lipinski definition) is 0. The van der Waals surface area contributed by atoms with Gasteiger partial charge in [0, 0.05) is 0 Å². The molecule has 0 aliphatic carbocycles. The first-order valence-electron chi connectivity index (χ1n) is 5.79. The first-order valence-corrected chi connectivity index (χ1v) is 7.64. The zero-order valence-corrected chi connectivity index (χ0v) is 12.7. The van der Waals surface area contributed by atoms with Gasteiger partial charge in [-0.3, -0.25) is 9.10 Å². The fourth-order valence-electron chi connectivity index (χ4n) is 2.11. The van der Waals surface area contributed by atoms with Crippen molar-refractivity contribution in [1.82, 2.24) is 0 Å². The largest absolute Gasteiger partial charge is 0.468 e. The lowest BCUT2D eigenvalue weighted by molar-refractivity contribution is -0.138. The highest BCUT2D eigenvalue weighted by Gasteiger charge is 2.24. The number of ether oxygens (including phenoxy) is 1. The van der Waals surface area contributed by atoms with E-state index in [4.69, 9.17) is 0 Å². The van der Waals surface area contributed by atoms with Crippen molar-refractivity contribution in [3.63, 3.8) is 0 Å². The Kier molecular flexibility index (Phi) is 4.57. The number of esters is 1. The molecule has 0 radical (unpaired) electrons. The topological polar surface area (TPSA) is 63.7 Å². The van der Waals surface area contributed by atoms with Gasteiger partial charge in [-0.05, 0) is 31.9 Å². The number of aryl methyl sites for hydroxylation is 3. The first kappa shape index (κ1) is 15.5. The van der Waals surface area contributed by atoms with E-state index >= 15 is 0 Å². The molecule has 1 aromatic rings. The van der Waals surface area contributed by atoms with Gasteiger partial charge >= 0.3 is 5.97 Å². The van der Waals surface area contributed by atoms with E-state index < -0.39 is 16.0 Å². The fraction of sp³-hybridized carbons (Fsp3) is 0.462. The molecule has 0 spiro atoms. The molecule has 6 heteroatoms. The van der Waals surface area contributed by atoms with Crippen LogP contribution in [0, 0.1) is 20.8 Å². The van der Waals surface area contributed by atoms with E-state index in [1.54, 1.807) is 0 Å². The third-order valence-electron chi connectivity index (χ3n) is 2.79. The number of rotatable bonds is 4. The summed E-state index contributed by atoms with van der Waals surface area (Å²) in [6.07, 6.45) is 1.08. The van der Waals surface area contributed by atoms with Crippen molar-refractivity contribution in [1.29, 1.82) is 0 Å². The molecule has 0 fully saturated rings. The molecule has 1 aromatic carbocycles. The van der Waals surface area contributed by atoms with Crippen molar-refractivity contribution >= 4 is 21.7 Å². The predicted octanol–water partition coefficient (Wildman–Crippen LogP) is 1.55. The second-order valence-corrected chi connectivity index (χ2v) is 6.50. The number of anilines is 1. The van der Waals surface area contributed by atoms with Crippen molar-refractivity contribution in [3.05, 3.63) is 28.8 Å². The summed E-state index contributed by atoms with van der Waals surface area (Å²) >= 11 is 0. The maximum Gasteiger partial charge on any atom is 0.326 e. The van der Waals surface area contributed by atoms with E-state index in [2.05, 4.69) is 4.74 Å². The summed E-state index contributed by atoms with van der Waals surface area (Å²) < 4.78 is 29.4. The number of methoxy groups -OCH3 is 1. The van der Waals surface area contributed by atoms with Gasteiger partial charge < -0.3 is 4.74 Å². The van der Waals surface area contributed by atoms with E-state index in [1.807, 2.05) is 32.9 Å². The van der Waals surface area contributed by atoms with Gasteiger partial charge in [0.2, 0.25) is 10.0 Å². The molecule has 5 nitrogen and oxygen atoms in total. The molecule has 0 bridgehead atoms. The van der Waals surface area contributed by atoms with E-state index in [0.717, 1.165) is 27.3 Å². The quantitative estimate of drug-likeness (QED) is 0.787. The normalized spacial score (nSPS) is 11.2. The van der Waals surface area contributed by atoms with Crippen LogP contribution in [-0.2, 0) is 19.6 Å². The Morgan fingerprint density at radius 2 is 1.68 bits per heavy atom. The van der Waals surface area contributed by atoms with Gasteiger partial charge in [-0.25, -0.2) is 8.42 Å². The average molecular weight is 285 g/mol. The summed E-state index contributed by atoms with van der Waals surface area (Å²) in [5.74, 6) is -0.593. The molecule has 19 heavy (non-hydrogen) atoms. The van der Waals surface area contributed by atoms with Crippen LogP contribution in [0.25, 0.3) is 0 Å². The minimum absolute atomic E-state index is 0.319. The molecule has 0 unspecified atom stereocenters. The van der Waals surface area contributed by atoms with E-state index in [9.17, 15) is 13.2 Å². The highest BCUT2D eigenvalue weighted by atomic mass is 32.2. The summed E-state index contributed by atoms with van der Waals surface area (Å²) in [5.41, 5.74) is 3.21. The summed E-state index contributed by atoms with van der Waals surface area (Å²) in [4.78, 5) is 11.4. The molecule has 0 saturated carbocycles. The standard InChI is InChI=1S/C13H19NO4S/c1-9-6-10(2)13(11(3)7-9)14(19(5,16)17)8-12(15)18-4/h6-7H,8H2,1-5H3. The van der Waals surface area contributed by atoms with Crippen LogP contribution in [0.1, 0.15) is 16.7 Å². The summed E-state index contributed by atoms with van der Waals surface area (Å²) in [7, 11) is -2.31. The van der Waals surface area contributed by atoms with Gasteiger partial charge in [-0.2, -0.15) is 0 Å². The van der Waals surface area contributed by atoms with Crippen molar-refractivity contribution in [2.45, 2.75) is 20.8 Å². The van der Waals surface area contributed by atoms with Gasteiger partial charge in [-0.1, -0.05) is 17.7 Å². The number of sulfonamides is 1. The number of benzene rings is 1. The third kappa shape index (κ3) is 3.70. The minimum Gasteiger partial charge on any atom is -0.468 e. The third-order valence-corrected chi connectivity index (χ3v) is 3.90. The van der Waals surface area contributed by atoms with Gasteiger partial charge in [0.1, 0.15) is 6.54 Å². The Balaban J connectivity index is 3.38. The van der Waals surface area contributed by atoms with Crippen LogP contribution in [0.4, 0.5) is 5.69 Å². The second-order valence-electron chi connectivity index (χ2n) is 4.59. The molecule has 106 valence electrons. The highest BCUT2D eigenvalue weighted by Crippen LogP contribution is 2.28. The van der Waals surface area contributed by atoms with Crippen LogP contribution < -0.4 is 4.31 Å². The highest BCUT2D eigenvalue weighted by molar-refractivity contribution is 7.92. The Hall–Kier alpha value is -1.56. The second kappa shape index (κ2) is 5.61. The molecule has 0 N–H and O–H groups in total. The number of hydrogen-bond acceptors (Lipinski definition) is 4. The predicted molar refractivity (Wildman–Crippen MR) is 74.9 cm³/mol. The molecule has 0 amide bonds. The Bertz CT molecular complexity index is 570.